The lowest BCUT2D eigenvalue weighted by molar-refractivity contribution is -0.116. The first-order valence-electron chi connectivity index (χ1n) is 8.23. The van der Waals surface area contributed by atoms with Crippen LogP contribution in [-0.4, -0.2) is 28.3 Å². The molecule has 4 rings (SSSR count). The summed E-state index contributed by atoms with van der Waals surface area (Å²) >= 11 is 0. The summed E-state index contributed by atoms with van der Waals surface area (Å²) in [5, 5.41) is 23.4. The molecule has 132 valence electrons. The number of carbonyl (C=O) groups is 1. The first-order valence-corrected chi connectivity index (χ1v) is 8.23. The third-order valence-corrected chi connectivity index (χ3v) is 4.45. The van der Waals surface area contributed by atoms with E-state index >= 15 is 0 Å². The van der Waals surface area contributed by atoms with E-state index < -0.39 is 0 Å². The quantitative estimate of drug-likeness (QED) is 0.578. The Morgan fingerprint density at radius 3 is 2.77 bits per heavy atom. The topological polar surface area (TPSA) is 99.3 Å². The lowest BCUT2D eigenvalue weighted by Gasteiger charge is -2.24. The molecule has 0 fully saturated rings. The summed E-state index contributed by atoms with van der Waals surface area (Å²) in [5.41, 5.74) is 2.59. The molecular formula is C19H18N4O3. The number of carbonyl (C=O) groups excluding carboxylic acids is 1. The number of aromatic amines is 1. The summed E-state index contributed by atoms with van der Waals surface area (Å²) in [6.07, 6.45) is 0.266. The van der Waals surface area contributed by atoms with Crippen molar-refractivity contribution in [3.63, 3.8) is 0 Å². The smallest absolute Gasteiger partial charge is 0.226 e. The largest absolute Gasteiger partial charge is 0.504 e. The van der Waals surface area contributed by atoms with Crippen molar-refractivity contribution in [2.45, 2.75) is 12.3 Å². The van der Waals surface area contributed by atoms with Crippen molar-refractivity contribution in [2.24, 2.45) is 0 Å². The Kier molecular flexibility index (Phi) is 3.96. The maximum atomic E-state index is 12.1. The van der Waals surface area contributed by atoms with Gasteiger partial charge >= 0.3 is 0 Å². The summed E-state index contributed by atoms with van der Waals surface area (Å²) in [6.45, 7) is 0. The zero-order valence-electron chi connectivity index (χ0n) is 14.1. The number of phenolic OH excluding ortho intramolecular Hbond substituents is 1. The maximum absolute atomic E-state index is 12.1. The number of aromatic hydroxyl groups is 1. The Hall–Kier alpha value is -3.48. The number of hydrogen-bond acceptors (Lipinski definition) is 5. The highest BCUT2D eigenvalue weighted by Gasteiger charge is 2.32. The number of nitrogens with one attached hydrogen (secondary N) is 3. The molecule has 7 nitrogen and oxygen atoms in total. The van der Waals surface area contributed by atoms with Crippen LogP contribution in [0.2, 0.25) is 0 Å². The first kappa shape index (κ1) is 16.0. The van der Waals surface area contributed by atoms with Gasteiger partial charge in [0, 0.05) is 23.6 Å². The maximum Gasteiger partial charge on any atom is 0.226 e. The van der Waals surface area contributed by atoms with E-state index in [9.17, 15) is 9.90 Å². The number of benzene rings is 2. The van der Waals surface area contributed by atoms with Gasteiger partial charge in [-0.2, -0.15) is 5.10 Å². The van der Waals surface area contributed by atoms with Crippen LogP contribution in [0, 0.1) is 0 Å². The number of amides is 1. The zero-order valence-corrected chi connectivity index (χ0v) is 14.1. The predicted molar refractivity (Wildman–Crippen MR) is 98.1 cm³/mol. The molecule has 1 aliphatic heterocycles. The van der Waals surface area contributed by atoms with Crippen LogP contribution < -0.4 is 15.4 Å². The number of methoxy groups -OCH3 is 1. The minimum atomic E-state index is -0.236. The Bertz CT molecular complexity index is 953. The molecule has 1 unspecified atom stereocenters. The van der Waals surface area contributed by atoms with Gasteiger partial charge in [0.25, 0.3) is 0 Å². The van der Waals surface area contributed by atoms with E-state index in [1.807, 2.05) is 36.4 Å². The Balaban J connectivity index is 1.75. The molecule has 2 heterocycles. The molecule has 1 amide bonds. The first-order chi connectivity index (χ1) is 12.7. The number of aromatic nitrogens is 2. The van der Waals surface area contributed by atoms with Gasteiger partial charge in [0.05, 0.1) is 7.11 Å². The van der Waals surface area contributed by atoms with Crippen molar-refractivity contribution >= 4 is 23.2 Å². The van der Waals surface area contributed by atoms with Gasteiger partial charge in [-0.05, 0) is 29.8 Å². The SMILES string of the molecule is COc1ccc(C2CC(=O)Nc3n[nH]c(Nc4ccccc4)c32)cc1O. The molecule has 0 aliphatic carbocycles. The van der Waals surface area contributed by atoms with Crippen molar-refractivity contribution < 1.29 is 14.6 Å². The monoisotopic (exact) mass is 350 g/mol. The van der Waals surface area contributed by atoms with Gasteiger partial charge < -0.3 is 20.5 Å². The van der Waals surface area contributed by atoms with Crippen molar-refractivity contribution in [1.29, 1.82) is 0 Å². The second-order valence-corrected chi connectivity index (χ2v) is 6.09. The summed E-state index contributed by atoms with van der Waals surface area (Å²) < 4.78 is 5.11. The third-order valence-electron chi connectivity index (χ3n) is 4.45. The standard InChI is InChI=1S/C19H18N4O3/c1-26-15-8-7-11(9-14(15)24)13-10-16(25)21-19-17(13)18(22-23-19)20-12-5-3-2-4-6-12/h2-9,13,24H,10H2,1H3,(H3,20,21,22,23,25). The zero-order chi connectivity index (χ0) is 18.1. The lowest BCUT2D eigenvalue weighted by atomic mass is 9.86. The number of ether oxygens (including phenoxy) is 1. The van der Waals surface area contributed by atoms with Gasteiger partial charge in [0.2, 0.25) is 5.91 Å². The number of hydrogen-bond donors (Lipinski definition) is 4. The van der Waals surface area contributed by atoms with Crippen LogP contribution in [0.1, 0.15) is 23.5 Å². The molecule has 1 aromatic heterocycles. The van der Waals surface area contributed by atoms with Crippen LogP contribution in [0.25, 0.3) is 0 Å². The molecule has 0 saturated carbocycles. The molecule has 4 N–H and O–H groups in total. The normalized spacial score (nSPS) is 15.9. The molecule has 0 saturated heterocycles. The molecule has 3 aromatic rings. The van der Waals surface area contributed by atoms with Gasteiger partial charge in [-0.25, -0.2) is 0 Å². The lowest BCUT2D eigenvalue weighted by Crippen LogP contribution is -2.23. The van der Waals surface area contributed by atoms with Crippen LogP contribution in [0.3, 0.4) is 0 Å². The van der Waals surface area contributed by atoms with Crippen LogP contribution >= 0.6 is 0 Å². The van der Waals surface area contributed by atoms with E-state index in [0.717, 1.165) is 16.8 Å². The second kappa shape index (κ2) is 6.44. The van der Waals surface area contributed by atoms with E-state index in [1.54, 1.807) is 12.1 Å². The van der Waals surface area contributed by atoms with Crippen molar-refractivity contribution in [3.05, 3.63) is 59.7 Å². The highest BCUT2D eigenvalue weighted by molar-refractivity contribution is 5.95. The van der Waals surface area contributed by atoms with E-state index in [-0.39, 0.29) is 24.0 Å². The van der Waals surface area contributed by atoms with Gasteiger partial charge in [-0.15, -0.1) is 0 Å². The number of para-hydroxylation sites is 1. The number of anilines is 3. The average molecular weight is 350 g/mol. The van der Waals surface area contributed by atoms with Crippen LogP contribution in [0.5, 0.6) is 11.5 Å². The summed E-state index contributed by atoms with van der Waals surface area (Å²) in [5.74, 6) is 1.30. The highest BCUT2D eigenvalue weighted by atomic mass is 16.5. The van der Waals surface area contributed by atoms with Crippen molar-refractivity contribution in [2.75, 3.05) is 17.7 Å². The fraction of sp³-hybridized carbons (Fsp3) is 0.158. The Morgan fingerprint density at radius 1 is 1.23 bits per heavy atom. The summed E-state index contributed by atoms with van der Waals surface area (Å²) in [7, 11) is 1.50. The van der Waals surface area contributed by atoms with Crippen LogP contribution in [0.15, 0.2) is 48.5 Å². The third kappa shape index (κ3) is 2.83. The fourth-order valence-electron chi connectivity index (χ4n) is 3.23. The molecule has 1 atom stereocenters. The van der Waals surface area contributed by atoms with Gasteiger partial charge in [-0.3, -0.25) is 9.89 Å². The fourth-order valence-corrected chi connectivity index (χ4v) is 3.23. The Morgan fingerprint density at radius 2 is 2.04 bits per heavy atom. The number of fused-ring (bicyclic) bond motifs is 1. The minimum absolute atomic E-state index is 0.0404. The Labute approximate surface area is 150 Å². The molecule has 26 heavy (non-hydrogen) atoms. The minimum Gasteiger partial charge on any atom is -0.504 e. The summed E-state index contributed by atoms with van der Waals surface area (Å²) in [6, 6.07) is 14.9. The van der Waals surface area contributed by atoms with Crippen LogP contribution in [0.4, 0.5) is 17.3 Å². The number of phenols is 1. The molecule has 2 aromatic carbocycles. The molecule has 7 heteroatoms. The molecule has 0 spiro atoms. The van der Waals surface area contributed by atoms with Crippen LogP contribution in [-0.2, 0) is 4.79 Å². The van der Waals surface area contributed by atoms with Gasteiger partial charge in [-0.1, -0.05) is 24.3 Å². The summed E-state index contributed by atoms with van der Waals surface area (Å²) in [4.78, 5) is 12.1. The van der Waals surface area contributed by atoms with E-state index in [1.165, 1.54) is 7.11 Å². The van der Waals surface area contributed by atoms with Gasteiger partial charge in [0.15, 0.2) is 17.3 Å². The molecular weight excluding hydrogens is 332 g/mol. The number of nitrogens with zero attached hydrogens (tertiary/aromatic N) is 1. The molecule has 0 radical (unpaired) electrons. The average Bonchev–Trinajstić information content (AvgIpc) is 3.04. The number of H-pyrrole nitrogens is 1. The number of rotatable bonds is 4. The van der Waals surface area contributed by atoms with E-state index in [4.69, 9.17) is 4.74 Å². The molecule has 1 aliphatic rings. The van der Waals surface area contributed by atoms with Crippen molar-refractivity contribution in [1.82, 2.24) is 10.2 Å². The highest BCUT2D eigenvalue weighted by Crippen LogP contribution is 2.42. The predicted octanol–water partition coefficient (Wildman–Crippen LogP) is 3.34. The van der Waals surface area contributed by atoms with Crippen molar-refractivity contribution in [3.8, 4) is 11.5 Å². The van der Waals surface area contributed by atoms with Gasteiger partial charge in [0.1, 0.15) is 5.82 Å². The second-order valence-electron chi connectivity index (χ2n) is 6.09. The molecule has 0 bridgehead atoms. The van der Waals surface area contributed by atoms with E-state index in [2.05, 4.69) is 20.8 Å². The van der Waals surface area contributed by atoms with E-state index in [0.29, 0.717) is 17.4 Å².